The summed E-state index contributed by atoms with van der Waals surface area (Å²) in [6, 6.07) is 5.38. The van der Waals surface area contributed by atoms with Crippen molar-refractivity contribution in [3.8, 4) is 5.69 Å². The molecule has 0 saturated heterocycles. The number of aromatic nitrogens is 4. The van der Waals surface area contributed by atoms with Crippen LogP contribution in [0.2, 0.25) is 0 Å². The van der Waals surface area contributed by atoms with Crippen LogP contribution in [0.5, 0.6) is 0 Å². The maximum atomic E-state index is 12.1. The third-order valence-corrected chi connectivity index (χ3v) is 3.59. The van der Waals surface area contributed by atoms with Gasteiger partial charge in [0.25, 0.3) is 0 Å². The van der Waals surface area contributed by atoms with E-state index in [4.69, 9.17) is 4.74 Å². The predicted octanol–water partition coefficient (Wildman–Crippen LogP) is 2.77. The number of ether oxygens (including phenoxy) is 1. The van der Waals surface area contributed by atoms with Crippen LogP contribution in [0.15, 0.2) is 36.8 Å². The molecule has 0 unspecified atom stereocenters. The standard InChI is InChI=1S/C18H20N4O3/c1-12(23)14-9-15-13(8-16(14)21-7-5-6-19-21)10-20-22(15)11-17(24)25-18(2,3)4/h5-10H,11H2,1-4H3. The molecule has 0 amide bonds. The number of carbonyl (C=O) groups is 2. The molecule has 7 nitrogen and oxygen atoms in total. The molecule has 0 fully saturated rings. The third kappa shape index (κ3) is 3.60. The van der Waals surface area contributed by atoms with Gasteiger partial charge in [-0.25, -0.2) is 4.68 Å². The lowest BCUT2D eigenvalue weighted by atomic mass is 10.1. The monoisotopic (exact) mass is 340 g/mol. The van der Waals surface area contributed by atoms with Gasteiger partial charge in [-0.05, 0) is 45.9 Å². The first kappa shape index (κ1) is 16.9. The highest BCUT2D eigenvalue weighted by molar-refractivity contribution is 6.01. The Morgan fingerprint density at radius 1 is 1.20 bits per heavy atom. The summed E-state index contributed by atoms with van der Waals surface area (Å²) in [6.07, 6.45) is 5.09. The molecule has 25 heavy (non-hydrogen) atoms. The molecule has 0 atom stereocenters. The van der Waals surface area contributed by atoms with Crippen molar-refractivity contribution >= 4 is 22.7 Å². The lowest BCUT2D eigenvalue weighted by Crippen LogP contribution is -2.26. The van der Waals surface area contributed by atoms with Crippen molar-refractivity contribution in [2.24, 2.45) is 0 Å². The van der Waals surface area contributed by atoms with Gasteiger partial charge in [-0.15, -0.1) is 0 Å². The number of hydrogen-bond donors (Lipinski definition) is 0. The molecule has 130 valence electrons. The van der Waals surface area contributed by atoms with E-state index >= 15 is 0 Å². The minimum atomic E-state index is -0.558. The molecule has 0 aliphatic carbocycles. The number of hydrogen-bond acceptors (Lipinski definition) is 5. The Morgan fingerprint density at radius 3 is 2.56 bits per heavy atom. The first-order chi connectivity index (χ1) is 11.7. The fourth-order valence-electron chi connectivity index (χ4n) is 2.62. The zero-order valence-electron chi connectivity index (χ0n) is 14.7. The molecule has 7 heteroatoms. The highest BCUT2D eigenvalue weighted by Crippen LogP contribution is 2.23. The van der Waals surface area contributed by atoms with Crippen molar-refractivity contribution < 1.29 is 14.3 Å². The van der Waals surface area contributed by atoms with E-state index in [2.05, 4.69) is 10.2 Å². The maximum Gasteiger partial charge on any atom is 0.328 e. The van der Waals surface area contributed by atoms with Gasteiger partial charge >= 0.3 is 5.97 Å². The van der Waals surface area contributed by atoms with Gasteiger partial charge in [0, 0.05) is 23.3 Å². The summed E-state index contributed by atoms with van der Waals surface area (Å²) in [5.74, 6) is -0.463. The molecule has 0 spiro atoms. The number of fused-ring (bicyclic) bond motifs is 1. The van der Waals surface area contributed by atoms with Gasteiger partial charge in [-0.3, -0.25) is 14.3 Å². The minimum absolute atomic E-state index is 0.0147. The summed E-state index contributed by atoms with van der Waals surface area (Å²) < 4.78 is 8.52. The van der Waals surface area contributed by atoms with Gasteiger partial charge in [0.1, 0.15) is 12.1 Å². The lowest BCUT2D eigenvalue weighted by molar-refractivity contribution is -0.155. The topological polar surface area (TPSA) is 79.0 Å². The average molecular weight is 340 g/mol. The number of nitrogens with zero attached hydrogens (tertiary/aromatic N) is 4. The van der Waals surface area contributed by atoms with E-state index in [1.54, 1.807) is 40.1 Å². The van der Waals surface area contributed by atoms with E-state index in [0.29, 0.717) is 16.8 Å². The van der Waals surface area contributed by atoms with Crippen LogP contribution in [-0.2, 0) is 16.1 Å². The smallest absolute Gasteiger partial charge is 0.328 e. The van der Waals surface area contributed by atoms with Gasteiger partial charge in [0.15, 0.2) is 5.78 Å². The van der Waals surface area contributed by atoms with Crippen molar-refractivity contribution in [1.82, 2.24) is 19.6 Å². The molecule has 0 bridgehead atoms. The van der Waals surface area contributed by atoms with Crippen molar-refractivity contribution in [2.45, 2.75) is 39.8 Å². The normalized spacial score (nSPS) is 11.7. The van der Waals surface area contributed by atoms with Crippen molar-refractivity contribution in [2.75, 3.05) is 0 Å². The maximum absolute atomic E-state index is 12.1. The second kappa shape index (κ2) is 6.16. The fraction of sp³-hybridized carbons (Fsp3) is 0.333. The molecular formula is C18H20N4O3. The molecular weight excluding hydrogens is 320 g/mol. The van der Waals surface area contributed by atoms with Crippen LogP contribution in [0.25, 0.3) is 16.6 Å². The summed E-state index contributed by atoms with van der Waals surface area (Å²) >= 11 is 0. The molecule has 2 aromatic heterocycles. The van der Waals surface area contributed by atoms with Gasteiger partial charge in [0.05, 0.1) is 17.4 Å². The first-order valence-corrected chi connectivity index (χ1v) is 7.97. The molecule has 1 aromatic carbocycles. The first-order valence-electron chi connectivity index (χ1n) is 7.97. The number of carbonyl (C=O) groups excluding carboxylic acids is 2. The number of rotatable bonds is 4. The van der Waals surface area contributed by atoms with Gasteiger partial charge < -0.3 is 4.74 Å². The Labute approximate surface area is 145 Å². The number of ketones is 1. The van der Waals surface area contributed by atoms with Crippen molar-refractivity contribution in [3.63, 3.8) is 0 Å². The summed E-state index contributed by atoms with van der Waals surface area (Å²) in [7, 11) is 0. The van der Waals surface area contributed by atoms with E-state index in [1.165, 1.54) is 6.92 Å². The second-order valence-electron chi connectivity index (χ2n) is 6.82. The van der Waals surface area contributed by atoms with Crippen molar-refractivity contribution in [1.29, 1.82) is 0 Å². The zero-order chi connectivity index (χ0) is 18.2. The third-order valence-electron chi connectivity index (χ3n) is 3.59. The Morgan fingerprint density at radius 2 is 1.96 bits per heavy atom. The molecule has 0 radical (unpaired) electrons. The molecule has 3 aromatic rings. The Bertz CT molecular complexity index is 933. The Balaban J connectivity index is 2.02. The largest absolute Gasteiger partial charge is 0.459 e. The SMILES string of the molecule is CC(=O)c1cc2c(cnn2CC(=O)OC(C)(C)C)cc1-n1cccn1. The second-order valence-corrected chi connectivity index (χ2v) is 6.82. The van der Waals surface area contributed by atoms with E-state index in [0.717, 1.165) is 5.39 Å². The number of esters is 1. The highest BCUT2D eigenvalue weighted by atomic mass is 16.6. The quantitative estimate of drug-likeness (QED) is 0.539. The van der Waals surface area contributed by atoms with Crippen LogP contribution in [0.1, 0.15) is 38.1 Å². The van der Waals surface area contributed by atoms with Gasteiger partial charge in [-0.2, -0.15) is 10.2 Å². The lowest BCUT2D eigenvalue weighted by Gasteiger charge is -2.19. The molecule has 0 aliphatic rings. The average Bonchev–Trinajstić information content (AvgIpc) is 3.14. The minimum Gasteiger partial charge on any atom is -0.459 e. The summed E-state index contributed by atoms with van der Waals surface area (Å²) in [5.41, 5.74) is 1.34. The zero-order valence-corrected chi connectivity index (χ0v) is 14.7. The summed E-state index contributed by atoms with van der Waals surface area (Å²) in [4.78, 5) is 24.2. The molecule has 0 N–H and O–H groups in total. The summed E-state index contributed by atoms with van der Waals surface area (Å²) in [6.45, 7) is 6.94. The van der Waals surface area contributed by atoms with Crippen LogP contribution in [0, 0.1) is 0 Å². The molecule has 0 saturated carbocycles. The van der Waals surface area contributed by atoms with Gasteiger partial charge in [0.2, 0.25) is 0 Å². The van der Waals surface area contributed by atoms with Crippen LogP contribution in [-0.4, -0.2) is 36.9 Å². The number of benzene rings is 1. The Hall–Kier alpha value is -2.96. The van der Waals surface area contributed by atoms with Crippen LogP contribution in [0.4, 0.5) is 0 Å². The fourth-order valence-corrected chi connectivity index (χ4v) is 2.62. The highest BCUT2D eigenvalue weighted by Gasteiger charge is 2.19. The van der Waals surface area contributed by atoms with E-state index < -0.39 is 5.60 Å². The van der Waals surface area contributed by atoms with Crippen LogP contribution < -0.4 is 0 Å². The van der Waals surface area contributed by atoms with Crippen molar-refractivity contribution in [3.05, 3.63) is 42.4 Å². The van der Waals surface area contributed by atoms with Crippen LogP contribution in [0.3, 0.4) is 0 Å². The molecule has 2 heterocycles. The molecule has 3 rings (SSSR count). The Kier molecular flexibility index (Phi) is 4.16. The van der Waals surface area contributed by atoms with E-state index in [9.17, 15) is 9.59 Å². The van der Waals surface area contributed by atoms with E-state index in [-0.39, 0.29) is 18.3 Å². The number of Topliss-reactive ketones (excluding diaryl/α,β-unsaturated/α-hetero) is 1. The van der Waals surface area contributed by atoms with Crippen LogP contribution >= 0.6 is 0 Å². The molecule has 0 aliphatic heterocycles. The summed E-state index contributed by atoms with van der Waals surface area (Å²) in [5, 5.41) is 9.28. The predicted molar refractivity (Wildman–Crippen MR) is 92.7 cm³/mol. The van der Waals surface area contributed by atoms with E-state index in [1.807, 2.05) is 26.8 Å². The van der Waals surface area contributed by atoms with Gasteiger partial charge in [-0.1, -0.05) is 0 Å².